The lowest BCUT2D eigenvalue weighted by molar-refractivity contribution is -0.123. The van der Waals surface area contributed by atoms with Crippen LogP contribution in [0.25, 0.3) is 11.3 Å². The van der Waals surface area contributed by atoms with Gasteiger partial charge in [0.15, 0.2) is 6.61 Å². The Morgan fingerprint density at radius 1 is 1.23 bits per heavy atom. The fourth-order valence-electron chi connectivity index (χ4n) is 2.51. The fourth-order valence-corrected chi connectivity index (χ4v) is 3.16. The van der Waals surface area contributed by atoms with Crippen LogP contribution in [0.3, 0.4) is 0 Å². The van der Waals surface area contributed by atoms with Crippen LogP contribution in [0.1, 0.15) is 25.3 Å². The van der Waals surface area contributed by atoms with Crippen molar-refractivity contribution in [2.45, 2.75) is 26.3 Å². The Morgan fingerprint density at radius 2 is 2.04 bits per heavy atom. The van der Waals surface area contributed by atoms with Gasteiger partial charge in [-0.2, -0.15) is 16.4 Å². The van der Waals surface area contributed by atoms with Crippen molar-refractivity contribution in [3.05, 3.63) is 58.9 Å². The molecule has 0 spiro atoms. The Bertz CT molecular complexity index is 823. The minimum absolute atomic E-state index is 0.0142. The van der Waals surface area contributed by atoms with Crippen molar-refractivity contribution >= 4 is 17.2 Å². The predicted octanol–water partition coefficient (Wildman–Crippen LogP) is 3.93. The zero-order valence-corrected chi connectivity index (χ0v) is 15.8. The molecule has 1 amide bonds. The van der Waals surface area contributed by atoms with E-state index in [1.54, 1.807) is 11.3 Å². The summed E-state index contributed by atoms with van der Waals surface area (Å²) in [5, 5.41) is 11.5. The van der Waals surface area contributed by atoms with E-state index in [1.807, 2.05) is 52.7 Å². The molecule has 5 nitrogen and oxygen atoms in total. The van der Waals surface area contributed by atoms with E-state index in [-0.39, 0.29) is 12.5 Å². The molecular weight excluding hydrogens is 346 g/mol. The highest BCUT2D eigenvalue weighted by Crippen LogP contribution is 2.20. The van der Waals surface area contributed by atoms with E-state index in [9.17, 15) is 4.79 Å². The van der Waals surface area contributed by atoms with Crippen molar-refractivity contribution < 1.29 is 9.53 Å². The maximum absolute atomic E-state index is 11.9. The van der Waals surface area contributed by atoms with Gasteiger partial charge in [-0.15, -0.1) is 0 Å². The van der Waals surface area contributed by atoms with Gasteiger partial charge in [0.05, 0.1) is 12.2 Å². The lowest BCUT2D eigenvalue weighted by Gasteiger charge is -2.09. The van der Waals surface area contributed by atoms with Crippen molar-refractivity contribution in [1.29, 1.82) is 0 Å². The Balaban J connectivity index is 1.39. The maximum atomic E-state index is 11.9. The molecule has 0 aliphatic rings. The van der Waals surface area contributed by atoms with E-state index in [2.05, 4.69) is 29.6 Å². The highest BCUT2D eigenvalue weighted by Gasteiger charge is 2.05. The zero-order valence-electron chi connectivity index (χ0n) is 15.0. The van der Waals surface area contributed by atoms with Crippen LogP contribution in [-0.2, 0) is 11.3 Å². The lowest BCUT2D eigenvalue weighted by atomic mass is 10.0. The monoisotopic (exact) mass is 369 g/mol. The van der Waals surface area contributed by atoms with Gasteiger partial charge in [-0.3, -0.25) is 9.48 Å². The third-order valence-corrected chi connectivity index (χ3v) is 4.72. The normalized spacial score (nSPS) is 10.9. The number of rotatable bonds is 8. The van der Waals surface area contributed by atoms with E-state index in [4.69, 9.17) is 4.74 Å². The number of amides is 1. The van der Waals surface area contributed by atoms with Gasteiger partial charge in [0.1, 0.15) is 5.75 Å². The van der Waals surface area contributed by atoms with Crippen LogP contribution in [0.4, 0.5) is 0 Å². The molecule has 136 valence electrons. The number of carbonyl (C=O) groups is 1. The molecule has 2 aromatic heterocycles. The molecule has 3 rings (SSSR count). The molecule has 0 saturated heterocycles. The molecule has 0 unspecified atom stereocenters. The second kappa shape index (κ2) is 8.67. The van der Waals surface area contributed by atoms with Gasteiger partial charge in [-0.05, 0) is 41.1 Å². The molecule has 26 heavy (non-hydrogen) atoms. The molecule has 0 fully saturated rings. The number of nitrogens with one attached hydrogen (secondary N) is 1. The van der Waals surface area contributed by atoms with Gasteiger partial charge in [-0.1, -0.05) is 26.0 Å². The van der Waals surface area contributed by atoms with Crippen LogP contribution in [0.15, 0.2) is 53.4 Å². The van der Waals surface area contributed by atoms with Crippen LogP contribution in [0.2, 0.25) is 0 Å². The standard InChI is InChI=1S/C20H23N3O2S/c1-15(2)16-3-5-18(6-4-16)25-13-20(24)21-9-11-23-10-7-19(22-23)17-8-12-26-14-17/h3-8,10,12,14-15H,9,11,13H2,1-2H3,(H,21,24). The summed E-state index contributed by atoms with van der Waals surface area (Å²) in [5.41, 5.74) is 3.32. The summed E-state index contributed by atoms with van der Waals surface area (Å²) in [6.45, 7) is 5.44. The average Bonchev–Trinajstić information content (AvgIpc) is 3.32. The highest BCUT2D eigenvalue weighted by molar-refractivity contribution is 7.08. The first-order valence-electron chi connectivity index (χ1n) is 8.67. The first-order valence-corrected chi connectivity index (χ1v) is 9.61. The van der Waals surface area contributed by atoms with Gasteiger partial charge >= 0.3 is 0 Å². The van der Waals surface area contributed by atoms with Crippen LogP contribution in [-0.4, -0.2) is 28.8 Å². The summed E-state index contributed by atoms with van der Waals surface area (Å²) < 4.78 is 7.36. The molecule has 0 bridgehead atoms. The van der Waals surface area contributed by atoms with E-state index >= 15 is 0 Å². The van der Waals surface area contributed by atoms with E-state index in [0.717, 1.165) is 11.3 Å². The second-order valence-corrected chi connectivity index (χ2v) is 7.12. The van der Waals surface area contributed by atoms with Crippen LogP contribution in [0, 0.1) is 0 Å². The Labute approximate surface area is 157 Å². The van der Waals surface area contributed by atoms with Crippen molar-refractivity contribution in [2.75, 3.05) is 13.2 Å². The number of benzene rings is 1. The van der Waals surface area contributed by atoms with Crippen molar-refractivity contribution in [1.82, 2.24) is 15.1 Å². The Kier molecular flexibility index (Phi) is 6.07. The number of thiophene rings is 1. The number of nitrogens with zero attached hydrogens (tertiary/aromatic N) is 2. The molecule has 0 atom stereocenters. The topological polar surface area (TPSA) is 56.1 Å². The summed E-state index contributed by atoms with van der Waals surface area (Å²) in [6, 6.07) is 11.9. The highest BCUT2D eigenvalue weighted by atomic mass is 32.1. The molecule has 1 aromatic carbocycles. The summed E-state index contributed by atoms with van der Waals surface area (Å²) >= 11 is 1.65. The quantitative estimate of drug-likeness (QED) is 0.654. The molecule has 0 radical (unpaired) electrons. The molecular formula is C20H23N3O2S. The molecule has 0 aliphatic carbocycles. The van der Waals surface area contributed by atoms with Gasteiger partial charge in [-0.25, -0.2) is 0 Å². The van der Waals surface area contributed by atoms with Gasteiger partial charge in [0.2, 0.25) is 0 Å². The van der Waals surface area contributed by atoms with Gasteiger partial charge in [0.25, 0.3) is 5.91 Å². The average molecular weight is 369 g/mol. The summed E-state index contributed by atoms with van der Waals surface area (Å²) in [6.07, 6.45) is 1.92. The summed E-state index contributed by atoms with van der Waals surface area (Å²) in [7, 11) is 0. The first kappa shape index (κ1) is 18.2. The molecule has 6 heteroatoms. The lowest BCUT2D eigenvalue weighted by Crippen LogP contribution is -2.31. The van der Waals surface area contributed by atoms with Crippen LogP contribution >= 0.6 is 11.3 Å². The molecule has 0 aliphatic heterocycles. The molecule has 2 heterocycles. The fraction of sp³-hybridized carbons (Fsp3) is 0.300. The smallest absolute Gasteiger partial charge is 0.258 e. The van der Waals surface area contributed by atoms with Gasteiger partial charge < -0.3 is 10.1 Å². The minimum atomic E-state index is -0.136. The number of ether oxygens (including phenoxy) is 1. The first-order chi connectivity index (χ1) is 12.6. The molecule has 0 saturated carbocycles. The van der Waals surface area contributed by atoms with Crippen LogP contribution in [0.5, 0.6) is 5.75 Å². The largest absolute Gasteiger partial charge is 0.484 e. The van der Waals surface area contributed by atoms with E-state index in [1.165, 1.54) is 5.56 Å². The third-order valence-electron chi connectivity index (χ3n) is 4.04. The summed E-state index contributed by atoms with van der Waals surface area (Å²) in [4.78, 5) is 11.9. The van der Waals surface area contributed by atoms with E-state index < -0.39 is 0 Å². The van der Waals surface area contributed by atoms with Crippen molar-refractivity contribution in [3.8, 4) is 17.0 Å². The van der Waals surface area contributed by atoms with E-state index in [0.29, 0.717) is 24.8 Å². The van der Waals surface area contributed by atoms with Crippen molar-refractivity contribution in [2.24, 2.45) is 0 Å². The van der Waals surface area contributed by atoms with Gasteiger partial charge in [0, 0.05) is 23.7 Å². The minimum Gasteiger partial charge on any atom is -0.484 e. The SMILES string of the molecule is CC(C)c1ccc(OCC(=O)NCCn2ccc(-c3ccsc3)n2)cc1. The molecule has 3 aromatic rings. The number of aromatic nitrogens is 2. The Hall–Kier alpha value is -2.60. The number of hydrogen-bond donors (Lipinski definition) is 1. The summed E-state index contributed by atoms with van der Waals surface area (Å²) in [5.74, 6) is 1.05. The van der Waals surface area contributed by atoms with Crippen molar-refractivity contribution in [3.63, 3.8) is 0 Å². The number of carbonyl (C=O) groups excluding carboxylic acids is 1. The van der Waals surface area contributed by atoms with Crippen LogP contribution < -0.4 is 10.1 Å². The third kappa shape index (κ3) is 4.95. The second-order valence-electron chi connectivity index (χ2n) is 6.34. The maximum Gasteiger partial charge on any atom is 0.258 e. The number of hydrogen-bond acceptors (Lipinski definition) is 4. The molecule has 1 N–H and O–H groups in total. The Morgan fingerprint density at radius 3 is 2.73 bits per heavy atom. The zero-order chi connectivity index (χ0) is 18.4. The predicted molar refractivity (Wildman–Crippen MR) is 105 cm³/mol.